The second-order valence-corrected chi connectivity index (χ2v) is 10.7. The van der Waals surface area contributed by atoms with Crippen molar-refractivity contribution in [1.82, 2.24) is 34.7 Å². The Morgan fingerprint density at radius 3 is 2.55 bits per heavy atom. The monoisotopic (exact) mass is 533 g/mol. The molecule has 8 nitrogen and oxygen atoms in total. The normalized spacial score (nSPS) is 14.3. The highest BCUT2D eigenvalue weighted by Crippen LogP contribution is 2.30. The van der Waals surface area contributed by atoms with Crippen molar-refractivity contribution in [2.45, 2.75) is 84.2 Å². The Bertz CT molecular complexity index is 1370. The average molecular weight is 534 g/mol. The number of benzene rings is 1. The molecule has 0 bridgehead atoms. The minimum absolute atomic E-state index is 0.0219. The number of hydrogen-bond acceptors (Lipinski definition) is 5. The van der Waals surface area contributed by atoms with E-state index in [4.69, 9.17) is 16.6 Å². The van der Waals surface area contributed by atoms with Crippen molar-refractivity contribution < 1.29 is 0 Å². The van der Waals surface area contributed by atoms with Gasteiger partial charge in [-0.2, -0.15) is 0 Å². The molecule has 0 aliphatic heterocycles. The molecule has 4 aromatic rings. The van der Waals surface area contributed by atoms with Crippen molar-refractivity contribution in [3.05, 3.63) is 69.6 Å². The van der Waals surface area contributed by atoms with Gasteiger partial charge in [0, 0.05) is 23.9 Å². The summed E-state index contributed by atoms with van der Waals surface area (Å²) in [5.41, 5.74) is 4.59. The molecular formula is C29H36ClN7O. The zero-order valence-corrected chi connectivity index (χ0v) is 22.8. The average Bonchev–Trinajstić information content (AvgIpc) is 3.57. The van der Waals surface area contributed by atoms with Crippen molar-refractivity contribution in [1.29, 1.82) is 0 Å². The van der Waals surface area contributed by atoms with Gasteiger partial charge in [0.25, 0.3) is 0 Å². The van der Waals surface area contributed by atoms with Gasteiger partial charge in [0.15, 0.2) is 5.82 Å². The summed E-state index contributed by atoms with van der Waals surface area (Å²) in [5.74, 6) is 1.31. The highest BCUT2D eigenvalue weighted by atomic mass is 35.5. The number of imidazole rings is 1. The number of aromatic nitrogens is 7. The van der Waals surface area contributed by atoms with Crippen LogP contribution >= 0.6 is 11.6 Å². The lowest BCUT2D eigenvalue weighted by Gasteiger charge is -2.21. The molecular weight excluding hydrogens is 498 g/mol. The topological polar surface area (TPSA) is 94.3 Å². The van der Waals surface area contributed by atoms with Gasteiger partial charge in [0.2, 0.25) is 0 Å². The van der Waals surface area contributed by atoms with Crippen molar-refractivity contribution in [3.63, 3.8) is 0 Å². The second kappa shape index (κ2) is 12.5. The third kappa shape index (κ3) is 5.90. The number of nitrogens with one attached hydrogen (secondary N) is 1. The Morgan fingerprint density at radius 1 is 1.03 bits per heavy atom. The number of unbranched alkanes of at least 4 members (excludes halogenated alkanes) is 2. The summed E-state index contributed by atoms with van der Waals surface area (Å²) >= 11 is 6.87. The van der Waals surface area contributed by atoms with E-state index in [9.17, 15) is 4.79 Å². The summed E-state index contributed by atoms with van der Waals surface area (Å²) in [7, 11) is 0. The standard InChI is InChI=1S/C29H36ClN7O/c1-2-3-5-14-26-27(30)36(18-17-21-10-6-4-7-11-21)29(38)37(26)20-23-16-15-22(19-31-23)24-12-8-9-13-25(24)28-32-34-35-33-28/h8-9,12-13,15-16,19,21H,2-7,10-11,14,17-18,20H2,1H3,(H,32,33,34,35). The van der Waals surface area contributed by atoms with Gasteiger partial charge >= 0.3 is 5.69 Å². The number of tetrazole rings is 1. The molecule has 0 amide bonds. The van der Waals surface area contributed by atoms with Crippen LogP contribution in [0.5, 0.6) is 0 Å². The van der Waals surface area contributed by atoms with Gasteiger partial charge in [-0.15, -0.1) is 5.10 Å². The highest BCUT2D eigenvalue weighted by Gasteiger charge is 2.21. The van der Waals surface area contributed by atoms with E-state index in [1.165, 1.54) is 32.1 Å². The molecule has 9 heteroatoms. The van der Waals surface area contributed by atoms with Crippen molar-refractivity contribution in [2.75, 3.05) is 0 Å². The minimum Gasteiger partial charge on any atom is -0.289 e. The predicted octanol–water partition coefficient (Wildman–Crippen LogP) is 6.30. The lowest BCUT2D eigenvalue weighted by molar-refractivity contribution is 0.322. The van der Waals surface area contributed by atoms with E-state index < -0.39 is 0 Å². The number of aromatic amines is 1. The molecule has 0 spiro atoms. The van der Waals surface area contributed by atoms with Crippen molar-refractivity contribution >= 4 is 11.6 Å². The smallest absolute Gasteiger partial charge is 0.289 e. The van der Waals surface area contributed by atoms with Gasteiger partial charge in [0.05, 0.1) is 17.9 Å². The molecule has 1 aliphatic rings. The number of nitrogens with zero attached hydrogens (tertiary/aromatic N) is 6. The SMILES string of the molecule is CCCCCc1c(Cl)n(CCC2CCCCC2)c(=O)n1Cc1ccc(-c2ccccc2-c2nnn[nH]2)cn1. The first kappa shape index (κ1) is 26.4. The minimum atomic E-state index is -0.0219. The maximum atomic E-state index is 13.6. The summed E-state index contributed by atoms with van der Waals surface area (Å²) in [6.07, 6.45) is 13.4. The first-order chi connectivity index (χ1) is 18.7. The van der Waals surface area contributed by atoms with Gasteiger partial charge in [-0.3, -0.25) is 14.1 Å². The van der Waals surface area contributed by atoms with Crippen LogP contribution in [0.1, 0.15) is 76.1 Å². The molecule has 1 aliphatic carbocycles. The zero-order valence-electron chi connectivity index (χ0n) is 22.1. The molecule has 1 saturated carbocycles. The Balaban J connectivity index is 1.39. The predicted molar refractivity (Wildman–Crippen MR) is 150 cm³/mol. The van der Waals surface area contributed by atoms with Gasteiger partial charge in [0.1, 0.15) is 5.15 Å². The molecule has 1 N–H and O–H groups in total. The van der Waals surface area contributed by atoms with Gasteiger partial charge < -0.3 is 0 Å². The number of pyridine rings is 1. The molecule has 5 rings (SSSR count). The zero-order chi connectivity index (χ0) is 26.3. The Kier molecular flexibility index (Phi) is 8.68. The Labute approximate surface area is 228 Å². The Morgan fingerprint density at radius 2 is 1.84 bits per heavy atom. The van der Waals surface area contributed by atoms with Crippen LogP contribution in [-0.2, 0) is 19.5 Å². The molecule has 3 aromatic heterocycles. The molecule has 0 atom stereocenters. The van der Waals surface area contributed by atoms with Crippen LogP contribution in [0.3, 0.4) is 0 Å². The maximum absolute atomic E-state index is 13.6. The number of H-pyrrole nitrogens is 1. The second-order valence-electron chi connectivity index (χ2n) is 10.3. The molecule has 0 radical (unpaired) electrons. The third-order valence-corrected chi connectivity index (χ3v) is 8.17. The molecule has 200 valence electrons. The summed E-state index contributed by atoms with van der Waals surface area (Å²) in [6.45, 7) is 3.28. The van der Waals surface area contributed by atoms with Crippen LogP contribution in [0, 0.1) is 5.92 Å². The van der Waals surface area contributed by atoms with E-state index in [2.05, 4.69) is 27.5 Å². The summed E-state index contributed by atoms with van der Waals surface area (Å²) in [6, 6.07) is 12.0. The highest BCUT2D eigenvalue weighted by molar-refractivity contribution is 6.30. The molecule has 0 saturated heterocycles. The summed E-state index contributed by atoms with van der Waals surface area (Å²) < 4.78 is 3.64. The van der Waals surface area contributed by atoms with Gasteiger partial charge in [-0.25, -0.2) is 9.89 Å². The van der Waals surface area contributed by atoms with E-state index in [-0.39, 0.29) is 5.69 Å². The quantitative estimate of drug-likeness (QED) is 0.228. The van der Waals surface area contributed by atoms with E-state index >= 15 is 0 Å². The maximum Gasteiger partial charge on any atom is 0.329 e. The molecule has 1 fully saturated rings. The number of rotatable bonds is 11. The van der Waals surface area contributed by atoms with Gasteiger partial charge in [-0.05, 0) is 47.2 Å². The lowest BCUT2D eigenvalue weighted by atomic mass is 9.87. The van der Waals surface area contributed by atoms with Crippen LogP contribution in [-0.4, -0.2) is 34.7 Å². The molecule has 1 aromatic carbocycles. The van der Waals surface area contributed by atoms with E-state index in [1.54, 1.807) is 4.57 Å². The first-order valence-corrected chi connectivity index (χ1v) is 14.3. The number of hydrogen-bond donors (Lipinski definition) is 1. The van der Waals surface area contributed by atoms with Crippen molar-refractivity contribution in [3.8, 4) is 22.5 Å². The largest absolute Gasteiger partial charge is 0.329 e. The fourth-order valence-electron chi connectivity index (χ4n) is 5.59. The summed E-state index contributed by atoms with van der Waals surface area (Å²) in [4.78, 5) is 18.3. The van der Waals surface area contributed by atoms with Crippen LogP contribution in [0.4, 0.5) is 0 Å². The van der Waals surface area contributed by atoms with Crippen LogP contribution in [0.15, 0.2) is 47.4 Å². The van der Waals surface area contributed by atoms with Crippen LogP contribution in [0.25, 0.3) is 22.5 Å². The molecule has 3 heterocycles. The van der Waals surface area contributed by atoms with E-state index in [0.717, 1.165) is 60.2 Å². The third-order valence-electron chi connectivity index (χ3n) is 7.75. The molecule has 38 heavy (non-hydrogen) atoms. The fraction of sp³-hybridized carbons (Fsp3) is 0.483. The van der Waals surface area contributed by atoms with E-state index in [1.807, 2.05) is 47.2 Å². The van der Waals surface area contributed by atoms with Crippen LogP contribution in [0.2, 0.25) is 5.15 Å². The van der Waals surface area contributed by atoms with E-state index in [0.29, 0.717) is 30.0 Å². The van der Waals surface area contributed by atoms with Gasteiger partial charge in [-0.1, -0.05) is 93.8 Å². The van der Waals surface area contributed by atoms with Crippen LogP contribution < -0.4 is 5.69 Å². The fourth-order valence-corrected chi connectivity index (χ4v) is 5.94. The summed E-state index contributed by atoms with van der Waals surface area (Å²) in [5, 5.41) is 14.9. The van der Waals surface area contributed by atoms with Crippen molar-refractivity contribution in [2.24, 2.45) is 5.92 Å². The lowest BCUT2D eigenvalue weighted by Crippen LogP contribution is -2.27. The molecule has 0 unspecified atom stereocenters. The Hall–Kier alpha value is -3.26. The number of halogens is 1. The first-order valence-electron chi connectivity index (χ1n) is 13.9.